The second-order valence-corrected chi connectivity index (χ2v) is 12.7. The zero-order chi connectivity index (χ0) is 22.1. The molecule has 0 aliphatic heterocycles. The smallest absolute Gasteiger partial charge is 0.0313 e. The lowest BCUT2D eigenvalue weighted by Crippen LogP contribution is -2.51. The Labute approximate surface area is 191 Å². The Morgan fingerprint density at radius 3 is 2.52 bits per heavy atom. The molecule has 0 saturated heterocycles. The van der Waals surface area contributed by atoms with Gasteiger partial charge in [0.25, 0.3) is 0 Å². The summed E-state index contributed by atoms with van der Waals surface area (Å²) in [6.45, 7) is 17.4. The number of hydrogen-bond acceptors (Lipinski definition) is 0. The van der Waals surface area contributed by atoms with Crippen LogP contribution in [0.4, 0.5) is 0 Å². The van der Waals surface area contributed by atoms with E-state index in [9.17, 15) is 0 Å². The first kappa shape index (κ1) is 21.6. The van der Waals surface area contributed by atoms with E-state index in [1.54, 1.807) is 27.9 Å². The normalized spacial score (nSPS) is 39.0. The van der Waals surface area contributed by atoms with E-state index in [1.807, 2.05) is 0 Å². The highest BCUT2D eigenvalue weighted by atomic mass is 14.6. The average Bonchev–Trinajstić information content (AvgIpc) is 3.12. The topological polar surface area (TPSA) is 0 Å². The number of hydrogen-bond donors (Lipinski definition) is 0. The highest BCUT2D eigenvalue weighted by Gasteiger charge is 2.53. The lowest BCUT2D eigenvalue weighted by molar-refractivity contribution is -0.0956. The van der Waals surface area contributed by atoms with Crippen LogP contribution in [-0.2, 0) is 0 Å². The standard InChI is InChI=1S/C31H44/c1-19-9-14-28-30(5,6)15-8-16-31(28,7)27(19)13-12-23-22(4)18-26-21(3)17-20(2)24-10-11-25(23)29(24)26/h18-19,26-28H,8-16H2,1-7H3/t19-,26?,27-,28-,31+/m0/s1. The second-order valence-electron chi connectivity index (χ2n) is 12.7. The summed E-state index contributed by atoms with van der Waals surface area (Å²) in [5.74, 6) is 3.19. The van der Waals surface area contributed by atoms with Gasteiger partial charge in [-0.05, 0) is 128 Å². The van der Waals surface area contributed by atoms with Crippen molar-refractivity contribution in [3.05, 3.63) is 50.8 Å². The van der Waals surface area contributed by atoms with Gasteiger partial charge in [-0.1, -0.05) is 52.2 Å². The summed E-state index contributed by atoms with van der Waals surface area (Å²) in [6.07, 6.45) is 15.0. The maximum absolute atomic E-state index is 3.68. The van der Waals surface area contributed by atoms with Gasteiger partial charge in [-0.3, -0.25) is 0 Å². The number of rotatable bonds is 3. The summed E-state index contributed by atoms with van der Waals surface area (Å²) in [7, 11) is 0. The predicted molar refractivity (Wildman–Crippen MR) is 133 cm³/mol. The fraction of sp³-hybridized carbons (Fsp3) is 0.710. The van der Waals surface area contributed by atoms with Crippen LogP contribution in [0.3, 0.4) is 0 Å². The zero-order valence-corrected chi connectivity index (χ0v) is 21.3. The molecule has 0 N–H and O–H groups in total. The third-order valence-electron chi connectivity index (χ3n) is 10.6. The van der Waals surface area contributed by atoms with Crippen LogP contribution in [0.25, 0.3) is 0 Å². The third kappa shape index (κ3) is 3.23. The highest BCUT2D eigenvalue weighted by Crippen LogP contribution is 2.62. The van der Waals surface area contributed by atoms with Gasteiger partial charge in [-0.2, -0.15) is 0 Å². The summed E-state index contributed by atoms with van der Waals surface area (Å²) in [5, 5.41) is 0. The third-order valence-corrected chi connectivity index (χ3v) is 10.6. The molecule has 0 aromatic carbocycles. The Bertz CT molecular complexity index is 954. The largest absolute Gasteiger partial charge is 0.118 e. The molecule has 0 aromatic heterocycles. The van der Waals surface area contributed by atoms with Crippen LogP contribution in [0.5, 0.6) is 0 Å². The molecule has 0 heteroatoms. The summed E-state index contributed by atoms with van der Waals surface area (Å²) in [4.78, 5) is 0. The van der Waals surface area contributed by atoms with Crippen molar-refractivity contribution in [2.45, 2.75) is 106 Å². The lowest BCUT2D eigenvalue weighted by atomic mass is 9.46. The average molecular weight is 417 g/mol. The summed E-state index contributed by atoms with van der Waals surface area (Å²) < 4.78 is 0. The SMILES string of the molecule is CC1=C=C(C)C2C=C(C)C(CC[C@H]3[C@@H](C)CC[C@H]4C(C)(C)CCC[C@]34C)=C3CCC1=C32. The van der Waals surface area contributed by atoms with Crippen LogP contribution < -0.4 is 0 Å². The molecular formula is C31H44. The van der Waals surface area contributed by atoms with Gasteiger partial charge in [0.05, 0.1) is 0 Å². The van der Waals surface area contributed by atoms with Crippen LogP contribution in [0, 0.1) is 34.5 Å². The van der Waals surface area contributed by atoms with E-state index >= 15 is 0 Å². The predicted octanol–water partition coefficient (Wildman–Crippen LogP) is 9.11. The molecule has 31 heavy (non-hydrogen) atoms. The van der Waals surface area contributed by atoms with Gasteiger partial charge < -0.3 is 0 Å². The summed E-state index contributed by atoms with van der Waals surface area (Å²) in [5.41, 5.74) is 15.9. The van der Waals surface area contributed by atoms with Gasteiger partial charge in [0.1, 0.15) is 0 Å². The molecule has 0 radical (unpaired) electrons. The van der Waals surface area contributed by atoms with Crippen LogP contribution >= 0.6 is 0 Å². The van der Waals surface area contributed by atoms with Crippen molar-refractivity contribution in [3.8, 4) is 0 Å². The van der Waals surface area contributed by atoms with Crippen LogP contribution in [0.2, 0.25) is 0 Å². The Kier molecular flexibility index (Phi) is 5.14. The number of allylic oxidation sites excluding steroid dienone is 7. The molecule has 0 amide bonds. The first-order valence-corrected chi connectivity index (χ1v) is 13.2. The minimum Gasteiger partial charge on any atom is -0.118 e. The van der Waals surface area contributed by atoms with Crippen molar-refractivity contribution in [2.75, 3.05) is 0 Å². The van der Waals surface area contributed by atoms with Gasteiger partial charge in [0, 0.05) is 5.92 Å². The first-order valence-electron chi connectivity index (χ1n) is 13.2. The molecule has 2 fully saturated rings. The van der Waals surface area contributed by atoms with Gasteiger partial charge in [-0.15, -0.1) is 5.73 Å². The van der Waals surface area contributed by atoms with Crippen LogP contribution in [0.1, 0.15) is 106 Å². The van der Waals surface area contributed by atoms with Crippen molar-refractivity contribution < 1.29 is 0 Å². The van der Waals surface area contributed by atoms with Gasteiger partial charge in [0.15, 0.2) is 0 Å². The van der Waals surface area contributed by atoms with Crippen molar-refractivity contribution in [1.29, 1.82) is 0 Å². The maximum atomic E-state index is 3.68. The van der Waals surface area contributed by atoms with E-state index in [0.29, 0.717) is 16.7 Å². The minimum absolute atomic E-state index is 0.509. The van der Waals surface area contributed by atoms with Crippen molar-refractivity contribution in [3.63, 3.8) is 0 Å². The van der Waals surface area contributed by atoms with Gasteiger partial charge in [-0.25, -0.2) is 0 Å². The van der Waals surface area contributed by atoms with Crippen LogP contribution in [0.15, 0.2) is 50.8 Å². The minimum atomic E-state index is 0.509. The fourth-order valence-corrected chi connectivity index (χ4v) is 9.12. The maximum Gasteiger partial charge on any atom is 0.0313 e. The molecule has 0 heterocycles. The molecule has 5 atom stereocenters. The monoisotopic (exact) mass is 416 g/mol. The van der Waals surface area contributed by atoms with Gasteiger partial charge >= 0.3 is 0 Å². The quantitative estimate of drug-likeness (QED) is 0.402. The van der Waals surface area contributed by atoms with Crippen molar-refractivity contribution >= 4 is 0 Å². The molecule has 168 valence electrons. The molecule has 2 saturated carbocycles. The Hall–Kier alpha value is -1.26. The van der Waals surface area contributed by atoms with E-state index in [1.165, 1.54) is 68.9 Å². The van der Waals surface area contributed by atoms with Crippen molar-refractivity contribution in [2.24, 2.45) is 34.5 Å². The number of fused-ring (bicyclic) bond motifs is 1. The van der Waals surface area contributed by atoms with Crippen LogP contribution in [-0.4, -0.2) is 0 Å². The molecule has 5 aliphatic carbocycles. The summed E-state index contributed by atoms with van der Waals surface area (Å²) in [6, 6.07) is 0. The Morgan fingerprint density at radius 1 is 1.00 bits per heavy atom. The molecule has 0 nitrogen and oxygen atoms in total. The second kappa shape index (κ2) is 7.38. The van der Waals surface area contributed by atoms with E-state index in [0.717, 1.165) is 17.8 Å². The van der Waals surface area contributed by atoms with Crippen molar-refractivity contribution in [1.82, 2.24) is 0 Å². The van der Waals surface area contributed by atoms with E-state index in [2.05, 4.69) is 60.3 Å². The first-order chi connectivity index (χ1) is 14.6. The van der Waals surface area contributed by atoms with E-state index in [-0.39, 0.29) is 0 Å². The Morgan fingerprint density at radius 2 is 1.74 bits per heavy atom. The summed E-state index contributed by atoms with van der Waals surface area (Å²) >= 11 is 0. The molecule has 5 aliphatic rings. The molecule has 0 spiro atoms. The lowest BCUT2D eigenvalue weighted by Gasteiger charge is -2.59. The highest BCUT2D eigenvalue weighted by molar-refractivity contribution is 5.63. The van der Waals surface area contributed by atoms with E-state index < -0.39 is 0 Å². The molecule has 0 bridgehead atoms. The molecular weight excluding hydrogens is 372 g/mol. The van der Waals surface area contributed by atoms with E-state index in [4.69, 9.17) is 0 Å². The molecule has 0 aromatic rings. The zero-order valence-electron chi connectivity index (χ0n) is 21.3. The fourth-order valence-electron chi connectivity index (χ4n) is 9.12. The molecule has 5 rings (SSSR count). The molecule has 1 unspecified atom stereocenters. The van der Waals surface area contributed by atoms with Gasteiger partial charge in [0.2, 0.25) is 0 Å². The Balaban J connectivity index is 1.44.